The first-order chi connectivity index (χ1) is 11.8. The Morgan fingerprint density at radius 1 is 1.21 bits per heavy atom. The van der Waals surface area contributed by atoms with E-state index >= 15 is 0 Å². The maximum atomic E-state index is 9.60. The van der Waals surface area contributed by atoms with Crippen LogP contribution in [0.4, 0.5) is 0 Å². The maximum Gasteiger partial charge on any atom is 0.205 e. The SMILES string of the molecule is N#CC1=C(N)OC2=C(CCC/C2=C\c2cccs2)[C@H]1c1cccs1. The van der Waals surface area contributed by atoms with Gasteiger partial charge in [-0.15, -0.1) is 22.7 Å². The van der Waals surface area contributed by atoms with Crippen LogP contribution >= 0.6 is 22.7 Å². The lowest BCUT2D eigenvalue weighted by molar-refractivity contribution is 0.277. The van der Waals surface area contributed by atoms with Gasteiger partial charge in [-0.05, 0) is 59.4 Å². The lowest BCUT2D eigenvalue weighted by Gasteiger charge is -2.32. The Kier molecular flexibility index (Phi) is 4.01. The van der Waals surface area contributed by atoms with Gasteiger partial charge in [-0.3, -0.25) is 0 Å². The van der Waals surface area contributed by atoms with Crippen LogP contribution in [0.5, 0.6) is 0 Å². The zero-order valence-corrected chi connectivity index (χ0v) is 14.6. The molecule has 3 heterocycles. The molecule has 0 unspecified atom stereocenters. The second kappa shape index (κ2) is 6.31. The predicted molar refractivity (Wildman–Crippen MR) is 98.1 cm³/mol. The van der Waals surface area contributed by atoms with Crippen LogP contribution in [0, 0.1) is 11.3 Å². The molecule has 120 valence electrons. The highest BCUT2D eigenvalue weighted by Gasteiger charge is 2.35. The van der Waals surface area contributed by atoms with E-state index in [0.717, 1.165) is 29.9 Å². The normalized spacial score (nSPS) is 22.3. The number of rotatable bonds is 2. The van der Waals surface area contributed by atoms with Crippen molar-refractivity contribution in [2.45, 2.75) is 25.2 Å². The molecule has 0 saturated heterocycles. The Hall–Kier alpha value is -2.29. The monoisotopic (exact) mass is 352 g/mol. The quantitative estimate of drug-likeness (QED) is 0.814. The van der Waals surface area contributed by atoms with Crippen LogP contribution in [0.15, 0.2) is 63.4 Å². The standard InChI is InChI=1S/C19H16N2OS2/c20-11-15-17(16-7-3-9-24-16)14-6-1-4-12(18(14)22-19(15)21)10-13-5-2-8-23-13/h2-3,5,7-10,17H,1,4,6,21H2/b12-10+/t17-/m1/s1. The van der Waals surface area contributed by atoms with Gasteiger partial charge < -0.3 is 10.5 Å². The zero-order valence-electron chi connectivity index (χ0n) is 13.0. The smallest absolute Gasteiger partial charge is 0.205 e. The van der Waals surface area contributed by atoms with Crippen LogP contribution in [0.1, 0.15) is 34.9 Å². The molecule has 4 rings (SSSR count). The van der Waals surface area contributed by atoms with E-state index in [2.05, 4.69) is 29.7 Å². The molecule has 0 spiro atoms. The summed E-state index contributed by atoms with van der Waals surface area (Å²) in [5, 5.41) is 13.7. The highest BCUT2D eigenvalue weighted by atomic mass is 32.1. The molecule has 2 N–H and O–H groups in total. The molecular weight excluding hydrogens is 336 g/mol. The number of allylic oxidation sites excluding steroid dienone is 3. The second-order valence-corrected chi connectivity index (χ2v) is 7.79. The van der Waals surface area contributed by atoms with E-state index in [4.69, 9.17) is 10.5 Å². The van der Waals surface area contributed by atoms with Crippen molar-refractivity contribution in [1.29, 1.82) is 5.26 Å². The Morgan fingerprint density at radius 2 is 2.04 bits per heavy atom. The van der Waals surface area contributed by atoms with Gasteiger partial charge in [0.2, 0.25) is 5.88 Å². The first-order valence-electron chi connectivity index (χ1n) is 7.86. The van der Waals surface area contributed by atoms with Crippen LogP contribution < -0.4 is 5.73 Å². The van der Waals surface area contributed by atoms with Crippen molar-refractivity contribution in [3.05, 3.63) is 73.1 Å². The lowest BCUT2D eigenvalue weighted by Crippen LogP contribution is -2.23. The van der Waals surface area contributed by atoms with Crippen molar-refractivity contribution in [2.75, 3.05) is 0 Å². The molecule has 2 aromatic rings. The number of nitriles is 1. The van der Waals surface area contributed by atoms with Crippen LogP contribution in [0.2, 0.25) is 0 Å². The number of hydrogen-bond acceptors (Lipinski definition) is 5. The van der Waals surface area contributed by atoms with E-state index in [1.807, 2.05) is 17.5 Å². The summed E-state index contributed by atoms with van der Waals surface area (Å²) in [4.78, 5) is 2.37. The van der Waals surface area contributed by atoms with E-state index in [0.29, 0.717) is 5.57 Å². The molecule has 1 aliphatic heterocycles. The minimum atomic E-state index is -0.0641. The first kappa shape index (κ1) is 15.3. The molecule has 0 fully saturated rings. The van der Waals surface area contributed by atoms with Crippen LogP contribution in [0.25, 0.3) is 6.08 Å². The molecule has 0 amide bonds. The van der Waals surface area contributed by atoms with E-state index in [9.17, 15) is 5.26 Å². The van der Waals surface area contributed by atoms with Gasteiger partial charge in [0.05, 0.1) is 5.92 Å². The van der Waals surface area contributed by atoms with E-state index < -0.39 is 0 Å². The number of nitrogens with zero attached hydrogens (tertiary/aromatic N) is 1. The molecule has 0 aromatic carbocycles. The summed E-state index contributed by atoms with van der Waals surface area (Å²) in [5.41, 5.74) is 9.02. The molecular formula is C19H16N2OS2. The van der Waals surface area contributed by atoms with Gasteiger partial charge in [0.1, 0.15) is 17.4 Å². The largest absolute Gasteiger partial charge is 0.440 e. The van der Waals surface area contributed by atoms with Crippen LogP contribution in [-0.2, 0) is 4.74 Å². The highest BCUT2D eigenvalue weighted by molar-refractivity contribution is 7.10. The summed E-state index contributed by atoms with van der Waals surface area (Å²) in [6.45, 7) is 0. The van der Waals surface area contributed by atoms with Crippen molar-refractivity contribution in [3.63, 3.8) is 0 Å². The fraction of sp³-hybridized carbons (Fsp3) is 0.211. The summed E-state index contributed by atoms with van der Waals surface area (Å²) in [6, 6.07) is 10.5. The van der Waals surface area contributed by atoms with Gasteiger partial charge in [0, 0.05) is 9.75 Å². The Bertz CT molecular complexity index is 880. The molecule has 3 nitrogen and oxygen atoms in total. The minimum absolute atomic E-state index is 0.0641. The van der Waals surface area contributed by atoms with E-state index in [-0.39, 0.29) is 11.8 Å². The van der Waals surface area contributed by atoms with Crippen molar-refractivity contribution in [2.24, 2.45) is 5.73 Å². The van der Waals surface area contributed by atoms with Gasteiger partial charge in [-0.25, -0.2) is 0 Å². The Morgan fingerprint density at radius 3 is 2.75 bits per heavy atom. The zero-order chi connectivity index (χ0) is 16.5. The predicted octanol–water partition coefficient (Wildman–Crippen LogP) is 5.14. The fourth-order valence-electron chi connectivity index (χ4n) is 3.36. The fourth-order valence-corrected chi connectivity index (χ4v) is 4.91. The average molecular weight is 352 g/mol. The molecule has 0 bridgehead atoms. The lowest BCUT2D eigenvalue weighted by atomic mass is 9.79. The van der Waals surface area contributed by atoms with Crippen molar-refractivity contribution >= 4 is 28.7 Å². The van der Waals surface area contributed by atoms with Gasteiger partial charge in [-0.2, -0.15) is 5.26 Å². The number of hydrogen-bond donors (Lipinski definition) is 1. The minimum Gasteiger partial charge on any atom is -0.440 e. The first-order valence-corrected chi connectivity index (χ1v) is 9.62. The van der Waals surface area contributed by atoms with E-state index in [1.165, 1.54) is 16.0 Å². The van der Waals surface area contributed by atoms with Gasteiger partial charge in [-0.1, -0.05) is 12.1 Å². The molecule has 5 heteroatoms. The van der Waals surface area contributed by atoms with Crippen molar-refractivity contribution in [1.82, 2.24) is 0 Å². The molecule has 0 radical (unpaired) electrons. The molecule has 1 aliphatic carbocycles. The van der Waals surface area contributed by atoms with Gasteiger partial charge in [0.15, 0.2) is 0 Å². The third kappa shape index (κ3) is 2.58. The maximum absolute atomic E-state index is 9.60. The van der Waals surface area contributed by atoms with E-state index in [1.54, 1.807) is 22.7 Å². The molecule has 2 aromatic heterocycles. The molecule has 24 heavy (non-hydrogen) atoms. The third-order valence-corrected chi connectivity index (χ3v) is 6.15. The average Bonchev–Trinajstić information content (AvgIpc) is 3.28. The Labute approximate surface area is 149 Å². The summed E-state index contributed by atoms with van der Waals surface area (Å²) in [5.74, 6) is 1.06. The molecule has 1 atom stereocenters. The molecule has 0 saturated carbocycles. The molecule has 2 aliphatic rings. The van der Waals surface area contributed by atoms with Crippen LogP contribution in [0.3, 0.4) is 0 Å². The van der Waals surface area contributed by atoms with Crippen LogP contribution in [-0.4, -0.2) is 0 Å². The van der Waals surface area contributed by atoms with Crippen molar-refractivity contribution < 1.29 is 4.74 Å². The summed E-state index contributed by atoms with van der Waals surface area (Å²) < 4.78 is 5.94. The highest BCUT2D eigenvalue weighted by Crippen LogP contribution is 2.47. The number of nitrogens with two attached hydrogens (primary N) is 1. The second-order valence-electron chi connectivity index (χ2n) is 5.83. The van der Waals surface area contributed by atoms with Gasteiger partial charge >= 0.3 is 0 Å². The number of ether oxygens (including phenoxy) is 1. The van der Waals surface area contributed by atoms with Crippen molar-refractivity contribution in [3.8, 4) is 6.07 Å². The number of thiophene rings is 2. The summed E-state index contributed by atoms with van der Waals surface area (Å²) >= 11 is 3.38. The summed E-state index contributed by atoms with van der Waals surface area (Å²) in [7, 11) is 0. The third-order valence-electron chi connectivity index (χ3n) is 4.40. The van der Waals surface area contributed by atoms with Gasteiger partial charge in [0.25, 0.3) is 0 Å². The Balaban J connectivity index is 1.84. The topological polar surface area (TPSA) is 59.0 Å². The summed E-state index contributed by atoms with van der Waals surface area (Å²) in [6.07, 6.45) is 5.18.